The van der Waals surface area contributed by atoms with Crippen molar-refractivity contribution >= 4 is 17.6 Å². The molecule has 76 valence electrons. The first-order valence-electron chi connectivity index (χ1n) is 5.00. The van der Waals surface area contributed by atoms with Crippen molar-refractivity contribution in [3.8, 4) is 0 Å². The highest BCUT2D eigenvalue weighted by Crippen LogP contribution is 2.32. The average molecular weight is 209 g/mol. The third kappa shape index (κ3) is 2.00. The molecule has 0 unspecified atom stereocenters. The molecule has 0 saturated carbocycles. The minimum Gasteiger partial charge on any atom is -0.384 e. The molecule has 0 spiro atoms. The highest BCUT2D eigenvalue weighted by atomic mass is 32.2. The molecule has 2 N–H and O–H groups in total. The maximum Gasteiger partial charge on any atom is 0.135 e. The second-order valence-corrected chi connectivity index (χ2v) is 4.70. The van der Waals surface area contributed by atoms with Gasteiger partial charge in [-0.25, -0.2) is 9.97 Å². The molecule has 0 radical (unpaired) electrons. The Morgan fingerprint density at radius 2 is 2.29 bits per heavy atom. The van der Waals surface area contributed by atoms with Crippen LogP contribution in [0.1, 0.15) is 30.8 Å². The van der Waals surface area contributed by atoms with Gasteiger partial charge in [-0.15, -0.1) is 0 Å². The van der Waals surface area contributed by atoms with Gasteiger partial charge in [-0.2, -0.15) is 11.8 Å². The van der Waals surface area contributed by atoms with Crippen molar-refractivity contribution in [2.45, 2.75) is 25.7 Å². The summed E-state index contributed by atoms with van der Waals surface area (Å²) in [7, 11) is 0. The molecule has 1 aliphatic heterocycles. The lowest BCUT2D eigenvalue weighted by molar-refractivity contribution is 0.742. The van der Waals surface area contributed by atoms with Crippen molar-refractivity contribution in [1.82, 2.24) is 9.97 Å². The van der Waals surface area contributed by atoms with Crippen molar-refractivity contribution in [2.24, 2.45) is 0 Å². The van der Waals surface area contributed by atoms with E-state index in [1.807, 2.05) is 17.8 Å². The molecule has 1 aromatic rings. The Morgan fingerprint density at radius 3 is 2.86 bits per heavy atom. The molecular weight excluding hydrogens is 194 g/mol. The fourth-order valence-corrected chi connectivity index (χ4v) is 2.26. The Morgan fingerprint density at radius 1 is 1.50 bits per heavy atom. The smallest absolute Gasteiger partial charge is 0.135 e. The van der Waals surface area contributed by atoms with Gasteiger partial charge in [0, 0.05) is 29.2 Å². The van der Waals surface area contributed by atoms with Gasteiger partial charge in [-0.3, -0.25) is 0 Å². The van der Waals surface area contributed by atoms with Crippen molar-refractivity contribution in [1.29, 1.82) is 0 Å². The van der Waals surface area contributed by atoms with E-state index in [9.17, 15) is 0 Å². The number of hydrogen-bond acceptors (Lipinski definition) is 4. The molecule has 0 atom stereocenters. The van der Waals surface area contributed by atoms with Crippen LogP contribution in [-0.4, -0.2) is 21.5 Å². The van der Waals surface area contributed by atoms with Crippen LogP contribution in [0.25, 0.3) is 0 Å². The number of aromatic nitrogens is 2. The zero-order chi connectivity index (χ0) is 9.97. The Balaban J connectivity index is 2.21. The fourth-order valence-electron chi connectivity index (χ4n) is 1.49. The standard InChI is InChI=1S/C10H15N3S/c1-2-3-8-4-9(11)13-10(12-8)7-5-14-6-7/h4,7H,2-3,5-6H2,1H3,(H2,11,12,13). The first kappa shape index (κ1) is 9.77. The van der Waals surface area contributed by atoms with Gasteiger partial charge in [0.2, 0.25) is 0 Å². The number of nitrogens with zero attached hydrogens (tertiary/aromatic N) is 2. The Bertz CT molecular complexity index is 323. The monoisotopic (exact) mass is 209 g/mol. The summed E-state index contributed by atoms with van der Waals surface area (Å²) < 4.78 is 0. The van der Waals surface area contributed by atoms with E-state index in [2.05, 4.69) is 16.9 Å². The second-order valence-electron chi connectivity index (χ2n) is 3.63. The summed E-state index contributed by atoms with van der Waals surface area (Å²) in [6, 6.07) is 1.89. The number of nitrogen functional groups attached to an aromatic ring is 1. The molecule has 2 heterocycles. The van der Waals surface area contributed by atoms with E-state index in [0.29, 0.717) is 11.7 Å². The van der Waals surface area contributed by atoms with Gasteiger partial charge in [0.25, 0.3) is 0 Å². The van der Waals surface area contributed by atoms with E-state index in [-0.39, 0.29) is 0 Å². The van der Waals surface area contributed by atoms with Crippen LogP contribution < -0.4 is 5.73 Å². The summed E-state index contributed by atoms with van der Waals surface area (Å²) in [5, 5.41) is 0. The summed E-state index contributed by atoms with van der Waals surface area (Å²) in [4.78, 5) is 8.83. The first-order valence-corrected chi connectivity index (χ1v) is 6.16. The van der Waals surface area contributed by atoms with Crippen LogP contribution in [0.5, 0.6) is 0 Å². The van der Waals surface area contributed by atoms with Crippen molar-refractivity contribution in [3.05, 3.63) is 17.6 Å². The SMILES string of the molecule is CCCc1cc(N)nc(C2CSC2)n1. The summed E-state index contributed by atoms with van der Waals surface area (Å²) >= 11 is 1.94. The van der Waals surface area contributed by atoms with Gasteiger partial charge < -0.3 is 5.73 Å². The second kappa shape index (κ2) is 4.17. The van der Waals surface area contributed by atoms with Crippen LogP contribution in [-0.2, 0) is 6.42 Å². The fraction of sp³-hybridized carbons (Fsp3) is 0.600. The summed E-state index contributed by atoms with van der Waals surface area (Å²) in [6.45, 7) is 2.15. The van der Waals surface area contributed by atoms with Crippen LogP contribution in [0.2, 0.25) is 0 Å². The predicted octanol–water partition coefficient (Wildman–Crippen LogP) is 1.84. The minimum absolute atomic E-state index is 0.541. The first-order chi connectivity index (χ1) is 6.79. The number of thioether (sulfide) groups is 1. The number of anilines is 1. The van der Waals surface area contributed by atoms with Gasteiger partial charge in [-0.1, -0.05) is 13.3 Å². The molecule has 0 aliphatic carbocycles. The number of hydrogen-bond donors (Lipinski definition) is 1. The molecule has 1 aliphatic rings. The number of rotatable bonds is 3. The van der Waals surface area contributed by atoms with Gasteiger partial charge >= 0.3 is 0 Å². The topological polar surface area (TPSA) is 51.8 Å². The van der Waals surface area contributed by atoms with E-state index in [0.717, 1.165) is 35.9 Å². The van der Waals surface area contributed by atoms with Crippen molar-refractivity contribution in [2.75, 3.05) is 17.2 Å². The maximum absolute atomic E-state index is 5.75. The van der Waals surface area contributed by atoms with Gasteiger partial charge in [-0.05, 0) is 6.42 Å². The maximum atomic E-state index is 5.75. The molecular formula is C10H15N3S. The molecule has 1 saturated heterocycles. The highest BCUT2D eigenvalue weighted by Gasteiger charge is 2.23. The minimum atomic E-state index is 0.541. The molecule has 4 heteroatoms. The number of nitrogens with two attached hydrogens (primary N) is 1. The lowest BCUT2D eigenvalue weighted by Gasteiger charge is -2.23. The third-order valence-corrected chi connectivity index (χ3v) is 3.60. The zero-order valence-corrected chi connectivity index (χ0v) is 9.18. The molecule has 14 heavy (non-hydrogen) atoms. The van der Waals surface area contributed by atoms with Crippen LogP contribution in [0, 0.1) is 0 Å². The lowest BCUT2D eigenvalue weighted by Crippen LogP contribution is -2.19. The summed E-state index contributed by atoms with van der Waals surface area (Å²) in [5.74, 6) is 4.41. The van der Waals surface area contributed by atoms with Crippen molar-refractivity contribution in [3.63, 3.8) is 0 Å². The van der Waals surface area contributed by atoms with Gasteiger partial charge in [0.15, 0.2) is 0 Å². The predicted molar refractivity (Wildman–Crippen MR) is 60.5 cm³/mol. The average Bonchev–Trinajstić information content (AvgIpc) is 1.99. The van der Waals surface area contributed by atoms with Gasteiger partial charge in [0.05, 0.1) is 0 Å². The van der Waals surface area contributed by atoms with Gasteiger partial charge in [0.1, 0.15) is 11.6 Å². The van der Waals surface area contributed by atoms with Crippen LogP contribution >= 0.6 is 11.8 Å². The Labute approximate surface area is 88.5 Å². The summed E-state index contributed by atoms with van der Waals surface area (Å²) in [5.41, 5.74) is 6.84. The highest BCUT2D eigenvalue weighted by molar-refractivity contribution is 8.00. The lowest BCUT2D eigenvalue weighted by atomic mass is 10.1. The van der Waals surface area contributed by atoms with Crippen LogP contribution in [0.4, 0.5) is 5.82 Å². The molecule has 0 aromatic carbocycles. The Kier molecular flexibility index (Phi) is 2.91. The quantitative estimate of drug-likeness (QED) is 0.825. The molecule has 3 nitrogen and oxygen atoms in total. The molecule has 1 fully saturated rings. The van der Waals surface area contributed by atoms with E-state index in [1.54, 1.807) is 0 Å². The molecule has 1 aromatic heterocycles. The molecule has 2 rings (SSSR count). The van der Waals surface area contributed by atoms with Crippen LogP contribution in [0.15, 0.2) is 6.07 Å². The van der Waals surface area contributed by atoms with E-state index >= 15 is 0 Å². The Hall–Kier alpha value is -0.770. The number of aryl methyl sites for hydroxylation is 1. The summed E-state index contributed by atoms with van der Waals surface area (Å²) in [6.07, 6.45) is 2.11. The van der Waals surface area contributed by atoms with Crippen molar-refractivity contribution < 1.29 is 0 Å². The molecule has 0 bridgehead atoms. The van der Waals surface area contributed by atoms with Crippen LogP contribution in [0.3, 0.4) is 0 Å². The van der Waals surface area contributed by atoms with E-state index < -0.39 is 0 Å². The zero-order valence-electron chi connectivity index (χ0n) is 8.36. The normalized spacial score (nSPS) is 16.6. The van der Waals surface area contributed by atoms with E-state index in [1.165, 1.54) is 0 Å². The third-order valence-electron chi connectivity index (χ3n) is 2.33. The largest absolute Gasteiger partial charge is 0.384 e. The van der Waals surface area contributed by atoms with E-state index in [4.69, 9.17) is 5.73 Å². The molecule has 0 amide bonds.